The number of hydrogen-bond acceptors (Lipinski definition) is 5. The minimum atomic E-state index is -0.130. The summed E-state index contributed by atoms with van der Waals surface area (Å²) in [6.07, 6.45) is 1.79. The van der Waals surface area contributed by atoms with Crippen LogP contribution in [-0.2, 0) is 6.54 Å². The number of likely N-dealkylation sites (N-methyl/N-ethyl adjacent to an activating group) is 1. The molecule has 1 fully saturated rings. The van der Waals surface area contributed by atoms with Gasteiger partial charge in [-0.15, -0.1) is 0 Å². The minimum Gasteiger partial charge on any atom is -0.507 e. The van der Waals surface area contributed by atoms with Crippen molar-refractivity contribution >= 4 is 11.9 Å². The third kappa shape index (κ3) is 4.13. The average molecular weight is 407 g/mol. The highest BCUT2D eigenvalue weighted by atomic mass is 16.5. The van der Waals surface area contributed by atoms with Crippen LogP contribution in [0.3, 0.4) is 0 Å². The molecule has 0 bridgehead atoms. The number of piperazine rings is 1. The first kappa shape index (κ1) is 20.6. The van der Waals surface area contributed by atoms with Gasteiger partial charge in [0.25, 0.3) is 0 Å². The number of aromatic hydroxyl groups is 1. The van der Waals surface area contributed by atoms with Crippen LogP contribution < -0.4 is 4.74 Å². The molecule has 2 aromatic carbocycles. The maximum Gasteiger partial charge on any atom is 0.231 e. The summed E-state index contributed by atoms with van der Waals surface area (Å²) in [5.74, 6) is 1.33. The number of Topliss-reactive ketones (excluding diaryl/α,β-unsaturated/α-hetero) is 1. The van der Waals surface area contributed by atoms with Crippen molar-refractivity contribution in [3.8, 4) is 11.5 Å². The predicted molar refractivity (Wildman–Crippen MR) is 119 cm³/mol. The van der Waals surface area contributed by atoms with E-state index in [1.807, 2.05) is 12.1 Å². The number of nitrogens with zero attached hydrogens (tertiary/aromatic N) is 2. The molecule has 1 N–H and O–H groups in total. The van der Waals surface area contributed by atoms with E-state index in [2.05, 4.69) is 42.7 Å². The lowest BCUT2D eigenvalue weighted by Crippen LogP contribution is -2.45. The first-order chi connectivity index (χ1) is 14.5. The average Bonchev–Trinajstić information content (AvgIpc) is 3.06. The van der Waals surface area contributed by atoms with Crippen molar-refractivity contribution in [3.63, 3.8) is 0 Å². The summed E-state index contributed by atoms with van der Waals surface area (Å²) in [4.78, 5) is 17.6. The summed E-state index contributed by atoms with van der Waals surface area (Å²) in [6.45, 7) is 12.0. The molecular weight excluding hydrogens is 376 g/mol. The zero-order valence-electron chi connectivity index (χ0n) is 18.0. The van der Waals surface area contributed by atoms with Crippen molar-refractivity contribution in [1.82, 2.24) is 9.80 Å². The summed E-state index contributed by atoms with van der Waals surface area (Å²) >= 11 is 0. The molecule has 2 aromatic rings. The molecular formula is C25H30N2O3. The maximum absolute atomic E-state index is 12.9. The van der Waals surface area contributed by atoms with Gasteiger partial charge >= 0.3 is 0 Å². The SMILES string of the molecule is CCN1CCN(Cc2c(O)ccc3c2OC(=Cc2ccc(C(C)C)cc2)C3=O)CC1. The number of carbonyl (C=O) groups is 1. The summed E-state index contributed by atoms with van der Waals surface area (Å²) in [5, 5.41) is 10.5. The van der Waals surface area contributed by atoms with E-state index in [4.69, 9.17) is 4.74 Å². The third-order valence-corrected chi connectivity index (χ3v) is 6.11. The van der Waals surface area contributed by atoms with E-state index in [1.165, 1.54) is 5.56 Å². The number of benzene rings is 2. The molecule has 2 aliphatic heterocycles. The van der Waals surface area contributed by atoms with Crippen LogP contribution in [0.5, 0.6) is 11.5 Å². The smallest absolute Gasteiger partial charge is 0.231 e. The summed E-state index contributed by atoms with van der Waals surface area (Å²) in [6, 6.07) is 11.4. The van der Waals surface area contributed by atoms with Gasteiger partial charge in [0.15, 0.2) is 5.76 Å². The molecule has 5 heteroatoms. The Labute approximate surface area is 178 Å². The van der Waals surface area contributed by atoms with E-state index in [9.17, 15) is 9.90 Å². The first-order valence-electron chi connectivity index (χ1n) is 10.8. The second-order valence-electron chi connectivity index (χ2n) is 8.41. The van der Waals surface area contributed by atoms with Crippen LogP contribution in [0.1, 0.15) is 53.7 Å². The van der Waals surface area contributed by atoms with Crippen molar-refractivity contribution < 1.29 is 14.6 Å². The molecule has 158 valence electrons. The van der Waals surface area contributed by atoms with E-state index >= 15 is 0 Å². The van der Waals surface area contributed by atoms with Crippen LogP contribution in [0.4, 0.5) is 0 Å². The molecule has 1 saturated heterocycles. The minimum absolute atomic E-state index is 0.130. The normalized spacial score (nSPS) is 18.8. The van der Waals surface area contributed by atoms with Crippen LogP contribution in [-0.4, -0.2) is 53.4 Å². The molecule has 30 heavy (non-hydrogen) atoms. The van der Waals surface area contributed by atoms with Gasteiger partial charge in [0, 0.05) is 32.7 Å². The lowest BCUT2D eigenvalue weighted by Gasteiger charge is -2.34. The summed E-state index contributed by atoms with van der Waals surface area (Å²) < 4.78 is 6.01. The molecule has 0 radical (unpaired) electrons. The highest BCUT2D eigenvalue weighted by molar-refractivity contribution is 6.15. The Hall–Kier alpha value is -2.63. The number of rotatable bonds is 5. The second-order valence-corrected chi connectivity index (χ2v) is 8.41. The molecule has 0 saturated carbocycles. The molecule has 0 amide bonds. The molecule has 0 aromatic heterocycles. The molecule has 0 spiro atoms. The van der Waals surface area contributed by atoms with E-state index in [0.29, 0.717) is 35.1 Å². The Balaban J connectivity index is 1.56. The zero-order chi connectivity index (χ0) is 21.3. The monoisotopic (exact) mass is 406 g/mol. The number of allylic oxidation sites excluding steroid dienone is 1. The Bertz CT molecular complexity index is 955. The molecule has 4 rings (SSSR count). The highest BCUT2D eigenvalue weighted by Crippen LogP contribution is 2.40. The van der Waals surface area contributed by atoms with Gasteiger partial charge in [0.1, 0.15) is 11.5 Å². The maximum atomic E-state index is 12.9. The van der Waals surface area contributed by atoms with Gasteiger partial charge in [-0.25, -0.2) is 0 Å². The Kier molecular flexibility index (Phi) is 5.93. The first-order valence-corrected chi connectivity index (χ1v) is 10.8. The lowest BCUT2D eigenvalue weighted by molar-refractivity contribution is 0.101. The van der Waals surface area contributed by atoms with Crippen molar-refractivity contribution in [3.05, 3.63) is 64.4 Å². The number of hydrogen-bond donors (Lipinski definition) is 1. The fraction of sp³-hybridized carbons (Fsp3) is 0.400. The van der Waals surface area contributed by atoms with E-state index in [1.54, 1.807) is 18.2 Å². The standard InChI is InChI=1S/C25H30N2O3/c1-4-26-11-13-27(14-12-26)16-21-22(28)10-9-20-24(29)23(30-25(20)21)15-18-5-7-19(8-6-18)17(2)3/h5-10,15,17,28H,4,11-14,16H2,1-3H3. The molecule has 5 nitrogen and oxygen atoms in total. The Morgan fingerprint density at radius 3 is 2.33 bits per heavy atom. The number of phenols is 1. The molecule has 2 heterocycles. The topological polar surface area (TPSA) is 53.0 Å². The van der Waals surface area contributed by atoms with Gasteiger partial charge in [0.2, 0.25) is 5.78 Å². The Morgan fingerprint density at radius 1 is 1.03 bits per heavy atom. The number of ketones is 1. The van der Waals surface area contributed by atoms with E-state index in [0.717, 1.165) is 38.3 Å². The molecule has 2 aliphatic rings. The van der Waals surface area contributed by atoms with Crippen LogP contribution in [0.2, 0.25) is 0 Å². The largest absolute Gasteiger partial charge is 0.507 e. The lowest BCUT2D eigenvalue weighted by atomic mass is 10.0. The van der Waals surface area contributed by atoms with Crippen LogP contribution in [0.15, 0.2) is 42.2 Å². The fourth-order valence-corrected chi connectivity index (χ4v) is 4.07. The van der Waals surface area contributed by atoms with Crippen molar-refractivity contribution in [2.24, 2.45) is 0 Å². The molecule has 0 aliphatic carbocycles. The second kappa shape index (κ2) is 8.62. The van der Waals surface area contributed by atoms with Gasteiger partial charge in [0.05, 0.1) is 11.1 Å². The van der Waals surface area contributed by atoms with Gasteiger partial charge in [-0.05, 0) is 41.8 Å². The van der Waals surface area contributed by atoms with Crippen LogP contribution >= 0.6 is 0 Å². The molecule has 0 unspecified atom stereocenters. The highest BCUT2D eigenvalue weighted by Gasteiger charge is 2.32. The number of ether oxygens (including phenoxy) is 1. The van der Waals surface area contributed by atoms with Gasteiger partial charge in [-0.1, -0.05) is 45.0 Å². The van der Waals surface area contributed by atoms with Crippen molar-refractivity contribution in [1.29, 1.82) is 0 Å². The van der Waals surface area contributed by atoms with Gasteiger partial charge in [-0.3, -0.25) is 9.69 Å². The summed E-state index contributed by atoms with van der Waals surface area (Å²) in [5.41, 5.74) is 3.41. The van der Waals surface area contributed by atoms with Crippen molar-refractivity contribution in [2.75, 3.05) is 32.7 Å². The van der Waals surface area contributed by atoms with E-state index in [-0.39, 0.29) is 11.5 Å². The molecule has 0 atom stereocenters. The summed E-state index contributed by atoms with van der Waals surface area (Å²) in [7, 11) is 0. The van der Waals surface area contributed by atoms with E-state index < -0.39 is 0 Å². The third-order valence-electron chi connectivity index (χ3n) is 6.11. The zero-order valence-corrected chi connectivity index (χ0v) is 18.0. The van der Waals surface area contributed by atoms with Crippen molar-refractivity contribution in [2.45, 2.75) is 33.2 Å². The fourth-order valence-electron chi connectivity index (χ4n) is 4.07. The van der Waals surface area contributed by atoms with Crippen LogP contribution in [0.25, 0.3) is 6.08 Å². The van der Waals surface area contributed by atoms with Crippen LogP contribution in [0, 0.1) is 0 Å². The quantitative estimate of drug-likeness (QED) is 0.752. The van der Waals surface area contributed by atoms with Gasteiger partial charge < -0.3 is 14.7 Å². The van der Waals surface area contributed by atoms with Gasteiger partial charge in [-0.2, -0.15) is 0 Å². The number of phenolic OH excluding ortho intramolecular Hbond substituents is 1. The Morgan fingerprint density at radius 2 is 1.70 bits per heavy atom. The number of fused-ring (bicyclic) bond motifs is 1. The predicted octanol–water partition coefficient (Wildman–Crippen LogP) is 4.27. The number of carbonyl (C=O) groups excluding carboxylic acids is 1.